The molecule has 4 rings (SSSR count). The number of halogens is 2. The first-order chi connectivity index (χ1) is 13.5. The Kier molecular flexibility index (Phi) is 4.84. The molecule has 1 heterocycles. The molecule has 140 valence electrons. The molecule has 0 saturated heterocycles. The van der Waals surface area contributed by atoms with E-state index in [-0.39, 0.29) is 5.78 Å². The van der Waals surface area contributed by atoms with E-state index in [0.717, 1.165) is 5.56 Å². The van der Waals surface area contributed by atoms with Crippen LogP contribution in [-0.4, -0.2) is 17.9 Å². The van der Waals surface area contributed by atoms with Crippen molar-refractivity contribution in [1.82, 2.24) is 0 Å². The van der Waals surface area contributed by atoms with Crippen LogP contribution < -0.4 is 9.47 Å². The number of ketones is 1. The zero-order valence-corrected chi connectivity index (χ0v) is 15.3. The van der Waals surface area contributed by atoms with Gasteiger partial charge in [0, 0.05) is 22.6 Å². The van der Waals surface area contributed by atoms with Gasteiger partial charge in [0.15, 0.2) is 11.9 Å². The van der Waals surface area contributed by atoms with E-state index in [2.05, 4.69) is 0 Å². The highest BCUT2D eigenvalue weighted by molar-refractivity contribution is 6.30. The number of fused-ring (bicyclic) bond motifs is 1. The molecule has 1 aliphatic heterocycles. The zero-order chi connectivity index (χ0) is 19.7. The fourth-order valence-electron chi connectivity index (χ4n) is 2.97. The van der Waals surface area contributed by atoms with Crippen molar-refractivity contribution < 1.29 is 23.5 Å². The first-order valence-corrected chi connectivity index (χ1v) is 8.94. The molecule has 0 bridgehead atoms. The summed E-state index contributed by atoms with van der Waals surface area (Å²) in [4.78, 5) is 24.8. The highest BCUT2D eigenvalue weighted by atomic mass is 35.5. The summed E-state index contributed by atoms with van der Waals surface area (Å²) in [6.45, 7) is 0. The Balaban J connectivity index is 1.41. The van der Waals surface area contributed by atoms with E-state index in [1.807, 2.05) is 0 Å². The van der Waals surface area contributed by atoms with E-state index >= 15 is 0 Å². The number of esters is 1. The summed E-state index contributed by atoms with van der Waals surface area (Å²) in [6, 6.07) is 16.7. The van der Waals surface area contributed by atoms with Gasteiger partial charge in [0.25, 0.3) is 0 Å². The van der Waals surface area contributed by atoms with Crippen LogP contribution in [0.4, 0.5) is 4.39 Å². The summed E-state index contributed by atoms with van der Waals surface area (Å²) >= 11 is 5.95. The van der Waals surface area contributed by atoms with Crippen LogP contribution in [0, 0.1) is 5.82 Å². The minimum absolute atomic E-state index is 0.246. The molecule has 1 atom stereocenters. The molecule has 0 radical (unpaired) electrons. The van der Waals surface area contributed by atoms with Crippen molar-refractivity contribution in [2.75, 3.05) is 0 Å². The van der Waals surface area contributed by atoms with E-state index in [1.165, 1.54) is 36.4 Å². The molecule has 0 spiro atoms. The monoisotopic (exact) mass is 396 g/mol. The van der Waals surface area contributed by atoms with Crippen molar-refractivity contribution in [3.05, 3.63) is 94.3 Å². The molecule has 3 aromatic rings. The third-order valence-electron chi connectivity index (χ3n) is 4.40. The van der Waals surface area contributed by atoms with Crippen LogP contribution in [0.25, 0.3) is 0 Å². The highest BCUT2D eigenvalue weighted by Crippen LogP contribution is 2.31. The molecule has 1 unspecified atom stereocenters. The van der Waals surface area contributed by atoms with E-state index in [9.17, 15) is 14.0 Å². The van der Waals surface area contributed by atoms with E-state index in [1.54, 1.807) is 30.3 Å². The third kappa shape index (κ3) is 3.75. The van der Waals surface area contributed by atoms with Gasteiger partial charge in [-0.1, -0.05) is 11.6 Å². The Bertz CT molecular complexity index is 1050. The lowest BCUT2D eigenvalue weighted by Gasteiger charge is -2.10. The average Bonchev–Trinajstić information content (AvgIpc) is 3.12. The molecule has 3 aromatic carbocycles. The van der Waals surface area contributed by atoms with Gasteiger partial charge in [-0.3, -0.25) is 4.79 Å². The van der Waals surface area contributed by atoms with Gasteiger partial charge in [-0.25, -0.2) is 9.18 Å². The largest absolute Gasteiger partial charge is 0.478 e. The number of carbonyl (C=O) groups excluding carboxylic acids is 2. The van der Waals surface area contributed by atoms with Gasteiger partial charge in [0.05, 0.1) is 0 Å². The molecule has 0 fully saturated rings. The van der Waals surface area contributed by atoms with Gasteiger partial charge in [0.2, 0.25) is 0 Å². The molecule has 0 aliphatic carbocycles. The maximum Gasteiger partial charge on any atom is 0.353 e. The Morgan fingerprint density at radius 1 is 0.964 bits per heavy atom. The predicted octanol–water partition coefficient (Wildman–Crippen LogP) is 4.62. The summed E-state index contributed by atoms with van der Waals surface area (Å²) in [5.74, 6) is -0.253. The summed E-state index contributed by atoms with van der Waals surface area (Å²) < 4.78 is 24.0. The van der Waals surface area contributed by atoms with E-state index in [0.29, 0.717) is 34.1 Å². The summed E-state index contributed by atoms with van der Waals surface area (Å²) in [7, 11) is 0. The van der Waals surface area contributed by atoms with Crippen molar-refractivity contribution in [1.29, 1.82) is 0 Å². The van der Waals surface area contributed by atoms with Crippen LogP contribution >= 0.6 is 11.6 Å². The lowest BCUT2D eigenvalue weighted by molar-refractivity contribution is -0.141. The first kappa shape index (κ1) is 18.2. The number of hydrogen-bond donors (Lipinski definition) is 0. The second kappa shape index (κ2) is 7.44. The van der Waals surface area contributed by atoms with E-state index in [4.69, 9.17) is 21.1 Å². The normalized spacial score (nSPS) is 14.9. The number of rotatable bonds is 4. The van der Waals surface area contributed by atoms with Gasteiger partial charge in [0.1, 0.15) is 17.3 Å². The van der Waals surface area contributed by atoms with E-state index < -0.39 is 17.9 Å². The topological polar surface area (TPSA) is 52.6 Å². The van der Waals surface area contributed by atoms with Crippen molar-refractivity contribution in [3.8, 4) is 11.5 Å². The first-order valence-electron chi connectivity index (χ1n) is 8.57. The smallest absolute Gasteiger partial charge is 0.353 e. The molecule has 1 aliphatic rings. The Hall–Kier alpha value is -3.18. The molecular formula is C22H14ClFO4. The van der Waals surface area contributed by atoms with Gasteiger partial charge in [-0.15, -0.1) is 0 Å². The molecule has 0 saturated carbocycles. The number of ether oxygens (including phenoxy) is 2. The molecule has 0 N–H and O–H groups in total. The quantitative estimate of drug-likeness (QED) is 0.367. The van der Waals surface area contributed by atoms with Gasteiger partial charge >= 0.3 is 5.97 Å². The summed E-state index contributed by atoms with van der Waals surface area (Å²) in [5, 5.41) is 0.581. The van der Waals surface area contributed by atoms with Crippen molar-refractivity contribution in [2.45, 2.75) is 12.5 Å². The number of carbonyl (C=O) groups is 2. The number of benzene rings is 3. The van der Waals surface area contributed by atoms with Crippen LogP contribution in [-0.2, 0) is 11.2 Å². The van der Waals surface area contributed by atoms with Crippen LogP contribution in [0.5, 0.6) is 11.5 Å². The third-order valence-corrected chi connectivity index (χ3v) is 4.64. The van der Waals surface area contributed by atoms with Crippen molar-refractivity contribution >= 4 is 23.4 Å². The Morgan fingerprint density at radius 2 is 1.61 bits per heavy atom. The Labute approximate surface area is 165 Å². The number of hydrogen-bond acceptors (Lipinski definition) is 4. The van der Waals surface area contributed by atoms with Crippen molar-refractivity contribution in [2.24, 2.45) is 0 Å². The van der Waals surface area contributed by atoms with Gasteiger partial charge in [-0.2, -0.15) is 0 Å². The SMILES string of the molecule is O=C(c1ccc(F)cc1)c1ccc(OC(=O)C2Cc3cc(Cl)ccc3O2)cc1. The minimum Gasteiger partial charge on any atom is -0.478 e. The fraction of sp³-hybridized carbons (Fsp3) is 0.0909. The molecule has 0 amide bonds. The minimum atomic E-state index is -0.742. The summed E-state index contributed by atoms with van der Waals surface area (Å²) in [6.07, 6.45) is -0.357. The maximum atomic E-state index is 13.0. The molecule has 4 nitrogen and oxygen atoms in total. The molecule has 6 heteroatoms. The highest BCUT2D eigenvalue weighted by Gasteiger charge is 2.31. The molecule has 28 heavy (non-hydrogen) atoms. The van der Waals surface area contributed by atoms with Gasteiger partial charge in [-0.05, 0) is 72.3 Å². The van der Waals surface area contributed by atoms with Crippen molar-refractivity contribution in [3.63, 3.8) is 0 Å². The Morgan fingerprint density at radius 3 is 2.29 bits per heavy atom. The van der Waals surface area contributed by atoms with Crippen LogP contribution in [0.3, 0.4) is 0 Å². The lowest BCUT2D eigenvalue weighted by atomic mass is 10.0. The van der Waals surface area contributed by atoms with Crippen LogP contribution in [0.15, 0.2) is 66.7 Å². The lowest BCUT2D eigenvalue weighted by Crippen LogP contribution is -2.29. The maximum absolute atomic E-state index is 13.0. The average molecular weight is 397 g/mol. The summed E-state index contributed by atoms with van der Waals surface area (Å²) in [5.41, 5.74) is 1.64. The zero-order valence-electron chi connectivity index (χ0n) is 14.5. The molecular weight excluding hydrogens is 383 g/mol. The predicted molar refractivity (Wildman–Crippen MR) is 101 cm³/mol. The molecule has 0 aromatic heterocycles. The van der Waals surface area contributed by atoms with Gasteiger partial charge < -0.3 is 9.47 Å². The fourth-order valence-corrected chi connectivity index (χ4v) is 3.17. The van der Waals surface area contributed by atoms with Crippen LogP contribution in [0.2, 0.25) is 5.02 Å². The second-order valence-electron chi connectivity index (χ2n) is 6.34. The standard InChI is InChI=1S/C22H14ClFO4/c23-16-5-10-19-15(11-16)12-20(28-19)22(26)27-18-8-3-14(4-9-18)21(25)13-1-6-17(24)7-2-13/h1-11,20H,12H2. The second-order valence-corrected chi connectivity index (χ2v) is 6.78. The van der Waals surface area contributed by atoms with Crippen LogP contribution in [0.1, 0.15) is 21.5 Å².